The normalized spacial score (nSPS) is 10.5. The van der Waals surface area contributed by atoms with E-state index in [0.29, 0.717) is 5.65 Å². The van der Waals surface area contributed by atoms with E-state index in [9.17, 15) is 9.70 Å². The van der Waals surface area contributed by atoms with Gasteiger partial charge in [0.2, 0.25) is 5.82 Å². The smallest absolute Gasteiger partial charge is 0.361 e. The van der Waals surface area contributed by atoms with Gasteiger partial charge in [0.25, 0.3) is 0 Å². The third kappa shape index (κ3) is 1.77. The average Bonchev–Trinajstić information content (AvgIpc) is 2.69. The molecule has 2 rings (SSSR count). The number of imidazole rings is 1. The number of nitroso groups, excluding NO2 is 1. The summed E-state index contributed by atoms with van der Waals surface area (Å²) in [6, 6.07) is 5.30. The van der Waals surface area contributed by atoms with Crippen molar-refractivity contribution in [2.24, 2.45) is 5.18 Å². The quantitative estimate of drug-likeness (QED) is 0.601. The third-order valence-corrected chi connectivity index (χ3v) is 2.37. The highest BCUT2D eigenvalue weighted by atomic mass is 16.5. The molecule has 0 atom stereocenters. The van der Waals surface area contributed by atoms with Gasteiger partial charge in [-0.2, -0.15) is 0 Å². The van der Waals surface area contributed by atoms with Crippen molar-refractivity contribution < 1.29 is 9.53 Å². The molecule has 2 heterocycles. The maximum Gasteiger partial charge on any atom is 0.361 e. The van der Waals surface area contributed by atoms with Crippen LogP contribution in [0.15, 0.2) is 23.4 Å². The number of ether oxygens (including phenoxy) is 1. The molecule has 0 bridgehead atoms. The molecular weight excluding hydrogens is 222 g/mol. The first-order chi connectivity index (χ1) is 8.19. The summed E-state index contributed by atoms with van der Waals surface area (Å²) in [6.07, 6.45) is 0. The van der Waals surface area contributed by atoms with Crippen molar-refractivity contribution >= 4 is 17.4 Å². The Labute approximate surface area is 97.2 Å². The number of rotatable bonds is 3. The van der Waals surface area contributed by atoms with Gasteiger partial charge >= 0.3 is 5.97 Å². The van der Waals surface area contributed by atoms with Gasteiger partial charge in [0.05, 0.1) is 6.61 Å². The van der Waals surface area contributed by atoms with Gasteiger partial charge < -0.3 is 4.74 Å². The molecule has 0 radical (unpaired) electrons. The van der Waals surface area contributed by atoms with Crippen LogP contribution < -0.4 is 0 Å². The molecule has 0 aliphatic rings. The number of hydrogen-bond donors (Lipinski definition) is 0. The van der Waals surface area contributed by atoms with E-state index in [2.05, 4.69) is 10.2 Å². The summed E-state index contributed by atoms with van der Waals surface area (Å²) < 4.78 is 6.35. The summed E-state index contributed by atoms with van der Waals surface area (Å²) in [5.74, 6) is -0.651. The van der Waals surface area contributed by atoms with E-state index in [0.717, 1.165) is 5.69 Å². The number of pyridine rings is 1. The molecule has 0 unspecified atom stereocenters. The highest BCUT2D eigenvalue weighted by Gasteiger charge is 2.21. The zero-order chi connectivity index (χ0) is 12.4. The molecule has 0 aromatic carbocycles. The minimum Gasteiger partial charge on any atom is -0.461 e. The van der Waals surface area contributed by atoms with E-state index in [1.165, 1.54) is 4.40 Å². The van der Waals surface area contributed by atoms with Gasteiger partial charge in [-0.15, -0.1) is 4.91 Å². The Kier molecular flexibility index (Phi) is 2.86. The Morgan fingerprint density at radius 3 is 2.94 bits per heavy atom. The summed E-state index contributed by atoms with van der Waals surface area (Å²) in [7, 11) is 0. The van der Waals surface area contributed by atoms with Gasteiger partial charge in [-0.1, -0.05) is 6.07 Å². The van der Waals surface area contributed by atoms with Crippen LogP contribution in [0.1, 0.15) is 23.1 Å². The number of carbonyl (C=O) groups excluding carboxylic acids is 1. The monoisotopic (exact) mass is 233 g/mol. The van der Waals surface area contributed by atoms with Gasteiger partial charge in [0.1, 0.15) is 5.65 Å². The second kappa shape index (κ2) is 4.32. The number of carbonyl (C=O) groups is 1. The lowest BCUT2D eigenvalue weighted by Crippen LogP contribution is -2.05. The molecule has 6 nitrogen and oxygen atoms in total. The Morgan fingerprint density at radius 1 is 1.53 bits per heavy atom. The molecule has 0 N–H and O–H groups in total. The van der Waals surface area contributed by atoms with Gasteiger partial charge in [0.15, 0.2) is 5.69 Å². The van der Waals surface area contributed by atoms with E-state index in [4.69, 9.17) is 4.74 Å². The molecule has 2 aromatic rings. The Bertz CT molecular complexity index is 589. The molecule has 6 heteroatoms. The van der Waals surface area contributed by atoms with E-state index in [1.807, 2.05) is 0 Å². The summed E-state index contributed by atoms with van der Waals surface area (Å²) in [5.41, 5.74) is 1.24. The highest BCUT2D eigenvalue weighted by Crippen LogP contribution is 2.23. The summed E-state index contributed by atoms with van der Waals surface area (Å²) >= 11 is 0. The number of hydrogen-bond acceptors (Lipinski definition) is 5. The van der Waals surface area contributed by atoms with E-state index < -0.39 is 5.97 Å². The molecule has 0 aliphatic heterocycles. The first-order valence-corrected chi connectivity index (χ1v) is 5.17. The summed E-state index contributed by atoms with van der Waals surface area (Å²) in [5, 5.41) is 2.87. The molecule has 0 spiro atoms. The molecule has 0 fully saturated rings. The fourth-order valence-corrected chi connectivity index (χ4v) is 1.66. The zero-order valence-corrected chi connectivity index (χ0v) is 9.51. The molecule has 17 heavy (non-hydrogen) atoms. The van der Waals surface area contributed by atoms with Crippen LogP contribution in [-0.4, -0.2) is 22.0 Å². The highest BCUT2D eigenvalue weighted by molar-refractivity contribution is 5.93. The fourth-order valence-electron chi connectivity index (χ4n) is 1.66. The van der Waals surface area contributed by atoms with Crippen molar-refractivity contribution in [3.05, 3.63) is 34.5 Å². The number of nitrogens with zero attached hydrogens (tertiary/aromatic N) is 3. The van der Waals surface area contributed by atoms with Crippen molar-refractivity contribution in [3.8, 4) is 0 Å². The summed E-state index contributed by atoms with van der Waals surface area (Å²) in [4.78, 5) is 26.5. The van der Waals surface area contributed by atoms with Crippen molar-refractivity contribution in [2.45, 2.75) is 13.8 Å². The largest absolute Gasteiger partial charge is 0.461 e. The number of esters is 1. The lowest BCUT2D eigenvalue weighted by atomic mass is 10.3. The van der Waals surface area contributed by atoms with E-state index in [1.54, 1.807) is 32.0 Å². The molecule has 0 amide bonds. The molecule has 2 aromatic heterocycles. The van der Waals surface area contributed by atoms with E-state index >= 15 is 0 Å². The van der Waals surface area contributed by atoms with Crippen LogP contribution in [0, 0.1) is 11.8 Å². The second-order valence-electron chi connectivity index (χ2n) is 3.46. The number of fused-ring (bicyclic) bond motifs is 1. The van der Waals surface area contributed by atoms with E-state index in [-0.39, 0.29) is 18.1 Å². The van der Waals surface area contributed by atoms with Crippen LogP contribution >= 0.6 is 0 Å². The maximum atomic E-state index is 11.6. The van der Waals surface area contributed by atoms with Crippen LogP contribution in [-0.2, 0) is 4.74 Å². The van der Waals surface area contributed by atoms with Crippen LogP contribution in [0.5, 0.6) is 0 Å². The topological polar surface area (TPSA) is 73.0 Å². The SMILES string of the molecule is CCOC(=O)c1nc2cccc(C)n2c1N=O. The summed E-state index contributed by atoms with van der Waals surface area (Å²) in [6.45, 7) is 3.72. The Morgan fingerprint density at radius 2 is 2.29 bits per heavy atom. The van der Waals surface area contributed by atoms with Crippen LogP contribution in [0.2, 0.25) is 0 Å². The maximum absolute atomic E-state index is 11.6. The predicted octanol–water partition coefficient (Wildman–Crippen LogP) is 2.22. The van der Waals surface area contributed by atoms with Crippen molar-refractivity contribution in [2.75, 3.05) is 6.61 Å². The van der Waals surface area contributed by atoms with Crippen LogP contribution in [0.25, 0.3) is 5.65 Å². The van der Waals surface area contributed by atoms with Crippen molar-refractivity contribution in [1.82, 2.24) is 9.38 Å². The molecule has 0 saturated heterocycles. The van der Waals surface area contributed by atoms with Gasteiger partial charge in [-0.05, 0) is 31.2 Å². The van der Waals surface area contributed by atoms with Crippen LogP contribution in [0.3, 0.4) is 0 Å². The Balaban J connectivity index is 2.69. The lowest BCUT2D eigenvalue weighted by molar-refractivity contribution is 0.0521. The lowest BCUT2D eigenvalue weighted by Gasteiger charge is -1.99. The Hall–Kier alpha value is -2.24. The first-order valence-electron chi connectivity index (χ1n) is 5.17. The average molecular weight is 233 g/mol. The molecular formula is C11H11N3O3. The molecule has 0 aliphatic carbocycles. The van der Waals surface area contributed by atoms with Crippen molar-refractivity contribution in [3.63, 3.8) is 0 Å². The predicted molar refractivity (Wildman–Crippen MR) is 61.3 cm³/mol. The third-order valence-electron chi connectivity index (χ3n) is 2.37. The number of aromatic nitrogens is 2. The first kappa shape index (κ1) is 11.3. The van der Waals surface area contributed by atoms with Crippen molar-refractivity contribution in [1.29, 1.82) is 0 Å². The minimum absolute atomic E-state index is 0.0171. The molecule has 88 valence electrons. The van der Waals surface area contributed by atoms with Crippen LogP contribution in [0.4, 0.5) is 5.82 Å². The number of aryl methyl sites for hydroxylation is 1. The standard InChI is InChI=1S/C11H11N3O3/c1-3-17-11(15)9-10(13-16)14-7(2)5-4-6-8(14)12-9/h4-6H,3H2,1-2H3. The zero-order valence-electron chi connectivity index (χ0n) is 9.51. The van der Waals surface area contributed by atoms with Gasteiger partial charge in [-0.25, -0.2) is 9.78 Å². The van der Waals surface area contributed by atoms with Gasteiger partial charge in [-0.3, -0.25) is 4.40 Å². The fraction of sp³-hybridized carbons (Fsp3) is 0.273. The second-order valence-corrected chi connectivity index (χ2v) is 3.46. The minimum atomic E-state index is -0.634. The van der Waals surface area contributed by atoms with Gasteiger partial charge in [0, 0.05) is 5.69 Å². The molecule has 0 saturated carbocycles.